The van der Waals surface area contributed by atoms with E-state index >= 15 is 0 Å². The number of rotatable bonds is 17. The third-order valence-corrected chi connectivity index (χ3v) is 7.45. The Balaban J connectivity index is 1.93. The van der Waals surface area contributed by atoms with Crippen molar-refractivity contribution in [3.8, 4) is 0 Å². The van der Waals surface area contributed by atoms with Crippen LogP contribution in [0.2, 0.25) is 0 Å². The number of unbranched alkanes of at least 4 members (excludes halogenated alkanes) is 3. The number of benzene rings is 1. The van der Waals surface area contributed by atoms with Gasteiger partial charge in [-0.1, -0.05) is 97.1 Å². The van der Waals surface area contributed by atoms with Gasteiger partial charge in [0.1, 0.15) is 0 Å². The van der Waals surface area contributed by atoms with Crippen LogP contribution in [0.5, 0.6) is 0 Å². The van der Waals surface area contributed by atoms with Gasteiger partial charge < -0.3 is 0 Å². The van der Waals surface area contributed by atoms with Crippen LogP contribution in [0.1, 0.15) is 138 Å². The minimum Gasteiger partial charge on any atom is -0.258 e. The molecule has 0 bridgehead atoms. The van der Waals surface area contributed by atoms with Gasteiger partial charge in [0.25, 0.3) is 0 Å². The first-order valence-corrected chi connectivity index (χ1v) is 14.8. The fourth-order valence-electron chi connectivity index (χ4n) is 5.13. The fraction of sp³-hybridized carbons (Fsp3) is 0.618. The predicted molar refractivity (Wildman–Crippen MR) is 156 cm³/mol. The minimum absolute atomic E-state index is 0.681. The van der Waals surface area contributed by atoms with Gasteiger partial charge in [0.05, 0.1) is 0 Å². The van der Waals surface area contributed by atoms with Gasteiger partial charge in [0.15, 0.2) is 0 Å². The quantitative estimate of drug-likeness (QED) is 0.207. The Hall–Kier alpha value is -1.89. The minimum atomic E-state index is 0.681. The van der Waals surface area contributed by atoms with Crippen molar-refractivity contribution >= 4 is 6.08 Å². The molecule has 0 aliphatic heterocycles. The smallest absolute Gasteiger partial charge is 0.0412 e. The summed E-state index contributed by atoms with van der Waals surface area (Å²) in [5.74, 6) is 1.39. The standard InChI is InChI=1S/C34H53N/c1-7-11-18-31-22-21-29(25-32(31)19-12-8-2)17-14-13-15-20-30(16-9-3)33-24-28(6)35-34(26-33)23-27(5)10-4/h12,19,21-22,24-27,30H,7-11,13-18,20,23H2,1-6H3. The number of hydrogen-bond donors (Lipinski definition) is 0. The van der Waals surface area contributed by atoms with Crippen LogP contribution in [-0.4, -0.2) is 4.98 Å². The van der Waals surface area contributed by atoms with E-state index in [-0.39, 0.29) is 0 Å². The molecule has 1 aromatic carbocycles. The Kier molecular flexibility index (Phi) is 14.0. The number of hydrogen-bond acceptors (Lipinski definition) is 1. The van der Waals surface area contributed by atoms with E-state index in [0.29, 0.717) is 11.8 Å². The predicted octanol–water partition coefficient (Wildman–Crippen LogP) is 10.4. The number of pyridine rings is 1. The van der Waals surface area contributed by atoms with Crippen LogP contribution in [0.25, 0.3) is 6.08 Å². The number of allylic oxidation sites excluding steroid dienone is 1. The van der Waals surface area contributed by atoms with Crippen molar-refractivity contribution in [3.05, 3.63) is 70.0 Å². The van der Waals surface area contributed by atoms with Crippen molar-refractivity contribution in [2.75, 3.05) is 0 Å². The lowest BCUT2D eigenvalue weighted by atomic mass is 9.88. The van der Waals surface area contributed by atoms with E-state index in [9.17, 15) is 0 Å². The Labute approximate surface area is 217 Å². The Bertz CT molecular complexity index is 878. The zero-order chi connectivity index (χ0) is 25.5. The van der Waals surface area contributed by atoms with E-state index in [0.717, 1.165) is 12.8 Å². The van der Waals surface area contributed by atoms with Crippen LogP contribution < -0.4 is 0 Å². The van der Waals surface area contributed by atoms with Gasteiger partial charge in [0, 0.05) is 11.4 Å². The topological polar surface area (TPSA) is 12.9 Å². The molecular weight excluding hydrogens is 422 g/mol. The van der Waals surface area contributed by atoms with E-state index in [2.05, 4.69) is 84.0 Å². The van der Waals surface area contributed by atoms with Gasteiger partial charge >= 0.3 is 0 Å². The van der Waals surface area contributed by atoms with E-state index in [1.165, 1.54) is 104 Å². The molecule has 2 atom stereocenters. The lowest BCUT2D eigenvalue weighted by Crippen LogP contribution is -2.06. The van der Waals surface area contributed by atoms with Gasteiger partial charge in [-0.2, -0.15) is 0 Å². The zero-order valence-corrected chi connectivity index (χ0v) is 23.8. The molecule has 1 nitrogen and oxygen atoms in total. The third-order valence-electron chi connectivity index (χ3n) is 7.45. The average molecular weight is 476 g/mol. The Morgan fingerprint density at radius 3 is 2.40 bits per heavy atom. The number of aryl methyl sites for hydroxylation is 3. The molecule has 0 N–H and O–H groups in total. The normalized spacial score (nSPS) is 13.4. The van der Waals surface area contributed by atoms with Crippen molar-refractivity contribution < 1.29 is 0 Å². The molecule has 2 rings (SSSR count). The molecule has 2 unspecified atom stereocenters. The Morgan fingerprint density at radius 2 is 1.69 bits per heavy atom. The molecule has 1 aromatic heterocycles. The van der Waals surface area contributed by atoms with Crippen LogP contribution >= 0.6 is 0 Å². The third kappa shape index (κ3) is 10.7. The van der Waals surface area contributed by atoms with E-state index in [1.807, 2.05) is 0 Å². The summed E-state index contributed by atoms with van der Waals surface area (Å²) in [7, 11) is 0. The maximum Gasteiger partial charge on any atom is 0.0412 e. The largest absolute Gasteiger partial charge is 0.258 e. The van der Waals surface area contributed by atoms with Crippen molar-refractivity contribution in [2.45, 2.75) is 131 Å². The molecule has 0 spiro atoms. The first-order chi connectivity index (χ1) is 17.0. The molecule has 0 amide bonds. The molecule has 1 heteroatoms. The second-order valence-electron chi connectivity index (χ2n) is 10.8. The summed E-state index contributed by atoms with van der Waals surface area (Å²) in [5, 5.41) is 0. The zero-order valence-electron chi connectivity index (χ0n) is 23.8. The highest BCUT2D eigenvalue weighted by atomic mass is 14.7. The summed E-state index contributed by atoms with van der Waals surface area (Å²) in [6.45, 7) is 13.6. The molecule has 0 aliphatic carbocycles. The lowest BCUT2D eigenvalue weighted by Gasteiger charge is -2.19. The number of nitrogens with zero attached hydrogens (tertiary/aromatic N) is 1. The second kappa shape index (κ2) is 16.7. The molecule has 194 valence electrons. The monoisotopic (exact) mass is 475 g/mol. The summed E-state index contributed by atoms with van der Waals surface area (Å²) in [5.41, 5.74) is 8.49. The second-order valence-corrected chi connectivity index (χ2v) is 10.8. The highest BCUT2D eigenvalue weighted by molar-refractivity contribution is 5.55. The maximum absolute atomic E-state index is 4.85. The van der Waals surface area contributed by atoms with Crippen molar-refractivity contribution in [1.29, 1.82) is 0 Å². The Morgan fingerprint density at radius 1 is 0.857 bits per heavy atom. The molecule has 35 heavy (non-hydrogen) atoms. The van der Waals surface area contributed by atoms with E-state index in [1.54, 1.807) is 0 Å². The summed E-state index contributed by atoms with van der Waals surface area (Å²) < 4.78 is 0. The van der Waals surface area contributed by atoms with Gasteiger partial charge in [-0.3, -0.25) is 4.98 Å². The van der Waals surface area contributed by atoms with E-state index in [4.69, 9.17) is 4.98 Å². The van der Waals surface area contributed by atoms with Gasteiger partial charge in [-0.15, -0.1) is 0 Å². The van der Waals surface area contributed by atoms with Gasteiger partial charge in [-0.05, 0) is 105 Å². The highest BCUT2D eigenvalue weighted by Gasteiger charge is 2.14. The summed E-state index contributed by atoms with van der Waals surface area (Å²) in [6.07, 6.45) is 20.8. The molecule has 0 radical (unpaired) electrons. The SMILES string of the molecule is CCC=Cc1cc(CCCCCC(CCC)c2cc(C)nc(CC(C)CC)c2)ccc1CCCC. The first kappa shape index (κ1) is 29.3. The van der Waals surface area contributed by atoms with Crippen LogP contribution in [0.3, 0.4) is 0 Å². The molecule has 0 aliphatic rings. The van der Waals surface area contributed by atoms with Crippen LogP contribution in [-0.2, 0) is 19.3 Å². The molecular formula is C34H53N. The van der Waals surface area contributed by atoms with Crippen molar-refractivity contribution in [3.63, 3.8) is 0 Å². The first-order valence-electron chi connectivity index (χ1n) is 14.8. The molecule has 1 heterocycles. The maximum atomic E-state index is 4.85. The lowest BCUT2D eigenvalue weighted by molar-refractivity contribution is 0.519. The van der Waals surface area contributed by atoms with Crippen LogP contribution in [0, 0.1) is 12.8 Å². The van der Waals surface area contributed by atoms with Crippen LogP contribution in [0.15, 0.2) is 36.4 Å². The van der Waals surface area contributed by atoms with Gasteiger partial charge in [-0.25, -0.2) is 0 Å². The summed E-state index contributed by atoms with van der Waals surface area (Å²) in [4.78, 5) is 4.85. The van der Waals surface area contributed by atoms with Crippen LogP contribution in [0.4, 0.5) is 0 Å². The number of aromatic nitrogens is 1. The van der Waals surface area contributed by atoms with E-state index < -0.39 is 0 Å². The average Bonchev–Trinajstić information content (AvgIpc) is 2.85. The summed E-state index contributed by atoms with van der Waals surface area (Å²) >= 11 is 0. The molecule has 0 saturated heterocycles. The molecule has 2 aromatic rings. The van der Waals surface area contributed by atoms with Gasteiger partial charge in [0.2, 0.25) is 0 Å². The fourth-order valence-corrected chi connectivity index (χ4v) is 5.13. The highest BCUT2D eigenvalue weighted by Crippen LogP contribution is 2.29. The summed E-state index contributed by atoms with van der Waals surface area (Å²) in [6, 6.07) is 12.0. The molecule has 0 saturated carbocycles. The van der Waals surface area contributed by atoms with Crippen molar-refractivity contribution in [2.24, 2.45) is 5.92 Å². The van der Waals surface area contributed by atoms with Crippen molar-refractivity contribution in [1.82, 2.24) is 4.98 Å². The molecule has 0 fully saturated rings.